The topological polar surface area (TPSA) is 98.2 Å². The second-order valence-electron chi connectivity index (χ2n) is 4.88. The largest absolute Gasteiger partial charge is 0.368 e. The highest BCUT2D eigenvalue weighted by molar-refractivity contribution is 5.59. The van der Waals surface area contributed by atoms with E-state index in [-0.39, 0.29) is 17.7 Å². The molecule has 7 nitrogen and oxygen atoms in total. The van der Waals surface area contributed by atoms with Gasteiger partial charge in [-0.2, -0.15) is 4.98 Å². The minimum atomic E-state index is -0.458. The molecular weight excluding hydrogens is 234 g/mol. The van der Waals surface area contributed by atoms with Gasteiger partial charge in [-0.1, -0.05) is 6.92 Å². The van der Waals surface area contributed by atoms with E-state index >= 15 is 0 Å². The maximum atomic E-state index is 11.0. The summed E-state index contributed by atoms with van der Waals surface area (Å²) in [6, 6.07) is 0.231. The third-order valence-electron chi connectivity index (χ3n) is 3.36. The van der Waals surface area contributed by atoms with Crippen LogP contribution >= 0.6 is 0 Å². The minimum Gasteiger partial charge on any atom is -0.368 e. The molecule has 2 N–H and O–H groups in total. The van der Waals surface area contributed by atoms with Crippen molar-refractivity contribution < 1.29 is 4.92 Å². The predicted molar refractivity (Wildman–Crippen MR) is 68.3 cm³/mol. The molecule has 98 valence electrons. The maximum Gasteiger partial charge on any atom is 0.329 e. The van der Waals surface area contributed by atoms with Crippen molar-refractivity contribution in [1.29, 1.82) is 0 Å². The van der Waals surface area contributed by atoms with Crippen LogP contribution < -0.4 is 10.6 Å². The van der Waals surface area contributed by atoms with Gasteiger partial charge in [-0.15, -0.1) is 0 Å². The first-order chi connectivity index (χ1) is 8.49. The van der Waals surface area contributed by atoms with E-state index in [1.54, 1.807) is 0 Å². The summed E-state index contributed by atoms with van der Waals surface area (Å²) in [5.74, 6) is 0.907. The Morgan fingerprint density at radius 1 is 1.50 bits per heavy atom. The highest BCUT2D eigenvalue weighted by atomic mass is 16.6. The van der Waals surface area contributed by atoms with Gasteiger partial charge in [-0.3, -0.25) is 10.1 Å². The van der Waals surface area contributed by atoms with E-state index in [0.717, 1.165) is 19.4 Å². The molecule has 1 saturated heterocycles. The number of nitrogens with two attached hydrogens (primary N) is 1. The summed E-state index contributed by atoms with van der Waals surface area (Å²) in [5.41, 5.74) is 5.46. The molecule has 0 amide bonds. The molecule has 2 heterocycles. The van der Waals surface area contributed by atoms with E-state index in [9.17, 15) is 10.1 Å². The third kappa shape index (κ3) is 2.34. The van der Waals surface area contributed by atoms with Gasteiger partial charge in [0.05, 0.1) is 4.92 Å². The molecule has 0 aromatic carbocycles. The fourth-order valence-corrected chi connectivity index (χ4v) is 2.30. The molecule has 1 aromatic heterocycles. The average Bonchev–Trinajstić information content (AvgIpc) is 2.31. The van der Waals surface area contributed by atoms with Crippen molar-refractivity contribution in [1.82, 2.24) is 9.97 Å². The predicted octanol–water partition coefficient (Wildman–Crippen LogP) is 1.59. The Hall–Kier alpha value is -1.92. The molecule has 1 aliphatic heterocycles. The van der Waals surface area contributed by atoms with Crippen LogP contribution in [0.4, 0.5) is 17.5 Å². The molecule has 0 bridgehead atoms. The lowest BCUT2D eigenvalue weighted by molar-refractivity contribution is -0.384. The average molecular weight is 251 g/mol. The second kappa shape index (κ2) is 4.75. The number of hydrogen-bond acceptors (Lipinski definition) is 6. The molecular formula is C11H17N5O2. The molecule has 2 atom stereocenters. The lowest BCUT2D eigenvalue weighted by atomic mass is 9.95. The van der Waals surface area contributed by atoms with E-state index in [1.165, 1.54) is 6.20 Å². The number of aromatic nitrogens is 2. The maximum absolute atomic E-state index is 11.0. The van der Waals surface area contributed by atoms with Crippen LogP contribution in [0, 0.1) is 16.0 Å². The summed E-state index contributed by atoms with van der Waals surface area (Å²) in [6.45, 7) is 4.95. The zero-order valence-corrected chi connectivity index (χ0v) is 10.5. The van der Waals surface area contributed by atoms with Crippen LogP contribution in [-0.4, -0.2) is 27.5 Å². The van der Waals surface area contributed by atoms with Crippen molar-refractivity contribution in [2.24, 2.45) is 5.92 Å². The van der Waals surface area contributed by atoms with Gasteiger partial charge >= 0.3 is 5.69 Å². The van der Waals surface area contributed by atoms with E-state index in [1.807, 2.05) is 11.8 Å². The SMILES string of the molecule is CC1CCC(C)N(c2nc(N)ncc2[N+](=O)[O-])C1. The normalized spacial score (nSPS) is 24.0. The number of nitro groups is 1. The summed E-state index contributed by atoms with van der Waals surface area (Å²) in [6.07, 6.45) is 3.32. The Kier molecular flexibility index (Phi) is 3.31. The van der Waals surface area contributed by atoms with Crippen LogP contribution in [0.5, 0.6) is 0 Å². The van der Waals surface area contributed by atoms with Crippen molar-refractivity contribution in [3.63, 3.8) is 0 Å². The Balaban J connectivity index is 2.41. The molecule has 2 rings (SSSR count). The molecule has 2 unspecified atom stereocenters. The molecule has 0 radical (unpaired) electrons. The number of nitrogens with zero attached hydrogens (tertiary/aromatic N) is 4. The van der Waals surface area contributed by atoms with E-state index < -0.39 is 4.92 Å². The Morgan fingerprint density at radius 3 is 2.89 bits per heavy atom. The van der Waals surface area contributed by atoms with Gasteiger partial charge in [0.15, 0.2) is 0 Å². The number of hydrogen-bond donors (Lipinski definition) is 1. The fraction of sp³-hybridized carbons (Fsp3) is 0.636. The Bertz CT molecular complexity index is 465. The number of nitrogen functional groups attached to an aromatic ring is 1. The quantitative estimate of drug-likeness (QED) is 0.633. The van der Waals surface area contributed by atoms with Crippen LogP contribution in [0.3, 0.4) is 0 Å². The molecule has 18 heavy (non-hydrogen) atoms. The summed E-state index contributed by atoms with van der Waals surface area (Å²) >= 11 is 0. The number of rotatable bonds is 2. The van der Waals surface area contributed by atoms with Gasteiger partial charge in [-0.25, -0.2) is 4.98 Å². The first kappa shape index (κ1) is 12.5. The third-order valence-corrected chi connectivity index (χ3v) is 3.36. The van der Waals surface area contributed by atoms with Crippen molar-refractivity contribution in [3.8, 4) is 0 Å². The highest BCUT2D eigenvalue weighted by Crippen LogP contribution is 2.32. The molecule has 1 aromatic rings. The standard InChI is InChI=1S/C11H17N5O2/c1-7-3-4-8(2)15(6-7)10-9(16(17)18)5-13-11(12)14-10/h5,7-8H,3-4,6H2,1-2H3,(H2,12,13,14). The smallest absolute Gasteiger partial charge is 0.329 e. The minimum absolute atomic E-state index is 0.0704. The zero-order chi connectivity index (χ0) is 13.3. The Labute approximate surface area is 105 Å². The van der Waals surface area contributed by atoms with E-state index in [2.05, 4.69) is 16.9 Å². The molecule has 0 spiro atoms. The second-order valence-corrected chi connectivity index (χ2v) is 4.88. The number of piperidine rings is 1. The molecule has 1 aliphatic rings. The molecule has 1 fully saturated rings. The fourth-order valence-electron chi connectivity index (χ4n) is 2.30. The van der Waals surface area contributed by atoms with Crippen molar-refractivity contribution >= 4 is 17.5 Å². The van der Waals surface area contributed by atoms with Gasteiger partial charge in [-0.05, 0) is 25.7 Å². The van der Waals surface area contributed by atoms with Crippen LogP contribution in [0.1, 0.15) is 26.7 Å². The summed E-state index contributed by atoms with van der Waals surface area (Å²) in [4.78, 5) is 20.3. The first-order valence-electron chi connectivity index (χ1n) is 6.02. The molecule has 7 heteroatoms. The van der Waals surface area contributed by atoms with Crippen molar-refractivity contribution in [3.05, 3.63) is 16.3 Å². The molecule has 0 aliphatic carbocycles. The van der Waals surface area contributed by atoms with Crippen molar-refractivity contribution in [2.75, 3.05) is 17.2 Å². The van der Waals surface area contributed by atoms with Gasteiger partial charge in [0.2, 0.25) is 11.8 Å². The van der Waals surface area contributed by atoms with Crippen LogP contribution in [0.25, 0.3) is 0 Å². The lowest BCUT2D eigenvalue weighted by Crippen LogP contribution is -2.42. The van der Waals surface area contributed by atoms with E-state index in [0.29, 0.717) is 11.7 Å². The summed E-state index contributed by atoms with van der Waals surface area (Å²) in [5, 5.41) is 11.0. The summed E-state index contributed by atoms with van der Waals surface area (Å²) in [7, 11) is 0. The van der Waals surface area contributed by atoms with E-state index in [4.69, 9.17) is 5.73 Å². The number of anilines is 2. The van der Waals surface area contributed by atoms with Gasteiger partial charge in [0.25, 0.3) is 0 Å². The van der Waals surface area contributed by atoms with Crippen molar-refractivity contribution in [2.45, 2.75) is 32.7 Å². The Morgan fingerprint density at radius 2 is 2.22 bits per heavy atom. The summed E-state index contributed by atoms with van der Waals surface area (Å²) < 4.78 is 0. The lowest BCUT2D eigenvalue weighted by Gasteiger charge is -2.37. The molecule has 0 saturated carbocycles. The van der Waals surface area contributed by atoms with Gasteiger partial charge in [0.1, 0.15) is 6.20 Å². The zero-order valence-electron chi connectivity index (χ0n) is 10.5. The highest BCUT2D eigenvalue weighted by Gasteiger charge is 2.30. The van der Waals surface area contributed by atoms with Gasteiger partial charge < -0.3 is 10.6 Å². The monoisotopic (exact) mass is 251 g/mol. The van der Waals surface area contributed by atoms with Crippen LogP contribution in [0.15, 0.2) is 6.20 Å². The first-order valence-corrected chi connectivity index (χ1v) is 6.02. The van der Waals surface area contributed by atoms with Crippen LogP contribution in [-0.2, 0) is 0 Å². The van der Waals surface area contributed by atoms with Gasteiger partial charge in [0, 0.05) is 12.6 Å². The van der Waals surface area contributed by atoms with Crippen LogP contribution in [0.2, 0.25) is 0 Å².